The normalized spacial score (nSPS) is 25.8. The standard InChI is InChI=1S/C9H17F2N/c1-9(7(12)8(10)11)5-3-2-4-6-9/h7-8H,2-6,12H2,1H3. The summed E-state index contributed by atoms with van der Waals surface area (Å²) in [5, 5.41) is 0. The molecule has 72 valence electrons. The summed E-state index contributed by atoms with van der Waals surface area (Å²) in [4.78, 5) is 0. The van der Waals surface area contributed by atoms with Crippen LogP contribution >= 0.6 is 0 Å². The second-order valence-electron chi connectivity index (χ2n) is 4.07. The molecule has 1 aliphatic rings. The van der Waals surface area contributed by atoms with Crippen molar-refractivity contribution in [3.63, 3.8) is 0 Å². The van der Waals surface area contributed by atoms with Gasteiger partial charge in [-0.3, -0.25) is 0 Å². The van der Waals surface area contributed by atoms with Gasteiger partial charge in [-0.2, -0.15) is 0 Å². The van der Waals surface area contributed by atoms with E-state index in [4.69, 9.17) is 5.73 Å². The van der Waals surface area contributed by atoms with Crippen LogP contribution in [0.15, 0.2) is 0 Å². The smallest absolute Gasteiger partial charge is 0.254 e. The quantitative estimate of drug-likeness (QED) is 0.689. The largest absolute Gasteiger partial charge is 0.322 e. The Bertz CT molecular complexity index is 141. The van der Waals surface area contributed by atoms with Crippen molar-refractivity contribution in [2.45, 2.75) is 51.5 Å². The first kappa shape index (κ1) is 9.90. The van der Waals surface area contributed by atoms with Gasteiger partial charge < -0.3 is 5.73 Å². The van der Waals surface area contributed by atoms with Gasteiger partial charge in [-0.15, -0.1) is 0 Å². The van der Waals surface area contributed by atoms with Crippen molar-refractivity contribution in [3.8, 4) is 0 Å². The number of rotatable bonds is 2. The Kier molecular flexibility index (Phi) is 3.04. The molecule has 0 aromatic carbocycles. The van der Waals surface area contributed by atoms with Crippen LogP contribution in [0.5, 0.6) is 0 Å². The van der Waals surface area contributed by atoms with Crippen LogP contribution in [0.1, 0.15) is 39.0 Å². The van der Waals surface area contributed by atoms with Crippen molar-refractivity contribution in [1.29, 1.82) is 0 Å². The molecule has 0 aromatic heterocycles. The molecule has 0 saturated heterocycles. The Labute approximate surface area is 72.3 Å². The van der Waals surface area contributed by atoms with Gasteiger partial charge in [0, 0.05) is 0 Å². The Balaban J connectivity index is 2.56. The third-order valence-corrected chi connectivity index (χ3v) is 3.07. The molecule has 1 aliphatic carbocycles. The first-order valence-corrected chi connectivity index (χ1v) is 4.60. The van der Waals surface area contributed by atoms with Crippen molar-refractivity contribution < 1.29 is 8.78 Å². The molecule has 1 nitrogen and oxygen atoms in total. The molecule has 0 amide bonds. The highest BCUT2D eigenvalue weighted by molar-refractivity contribution is 4.89. The third kappa shape index (κ3) is 1.94. The first-order chi connectivity index (χ1) is 5.56. The lowest BCUT2D eigenvalue weighted by atomic mass is 9.71. The van der Waals surface area contributed by atoms with E-state index in [2.05, 4.69) is 0 Å². The van der Waals surface area contributed by atoms with Crippen LogP contribution in [-0.4, -0.2) is 12.5 Å². The summed E-state index contributed by atoms with van der Waals surface area (Å²) in [5.74, 6) is 0. The molecular weight excluding hydrogens is 160 g/mol. The van der Waals surface area contributed by atoms with E-state index in [0.717, 1.165) is 25.7 Å². The Hall–Kier alpha value is -0.180. The summed E-state index contributed by atoms with van der Waals surface area (Å²) < 4.78 is 24.7. The van der Waals surface area contributed by atoms with Gasteiger partial charge in [0.1, 0.15) is 0 Å². The minimum absolute atomic E-state index is 0.313. The molecule has 3 heteroatoms. The van der Waals surface area contributed by atoms with Gasteiger partial charge in [-0.25, -0.2) is 8.78 Å². The molecule has 1 saturated carbocycles. The number of halogens is 2. The van der Waals surface area contributed by atoms with Crippen molar-refractivity contribution >= 4 is 0 Å². The van der Waals surface area contributed by atoms with Gasteiger partial charge in [0.2, 0.25) is 0 Å². The van der Waals surface area contributed by atoms with E-state index in [1.165, 1.54) is 6.42 Å². The molecule has 12 heavy (non-hydrogen) atoms. The van der Waals surface area contributed by atoms with E-state index < -0.39 is 12.5 Å². The van der Waals surface area contributed by atoms with Crippen LogP contribution in [0.25, 0.3) is 0 Å². The van der Waals surface area contributed by atoms with Crippen molar-refractivity contribution in [1.82, 2.24) is 0 Å². The number of alkyl halides is 2. The maximum absolute atomic E-state index is 12.3. The molecule has 1 atom stereocenters. The van der Waals surface area contributed by atoms with Gasteiger partial charge in [0.15, 0.2) is 0 Å². The summed E-state index contributed by atoms with van der Waals surface area (Å²) in [6.07, 6.45) is 2.63. The molecule has 0 heterocycles. The fraction of sp³-hybridized carbons (Fsp3) is 1.00. The van der Waals surface area contributed by atoms with Gasteiger partial charge >= 0.3 is 0 Å². The zero-order valence-corrected chi connectivity index (χ0v) is 7.52. The van der Waals surface area contributed by atoms with Gasteiger partial charge in [-0.1, -0.05) is 26.2 Å². The molecule has 1 unspecified atom stereocenters. The summed E-state index contributed by atoms with van der Waals surface area (Å²) in [6, 6.07) is -0.933. The van der Waals surface area contributed by atoms with Crippen LogP contribution < -0.4 is 5.73 Å². The molecule has 0 aromatic rings. The topological polar surface area (TPSA) is 26.0 Å². The molecule has 1 rings (SSSR count). The summed E-state index contributed by atoms with van der Waals surface area (Å²) in [5.41, 5.74) is 5.16. The average molecular weight is 177 g/mol. The molecular formula is C9H17F2N. The van der Waals surface area contributed by atoms with Crippen molar-refractivity contribution in [2.24, 2.45) is 11.1 Å². The monoisotopic (exact) mass is 177 g/mol. The Morgan fingerprint density at radius 2 is 1.67 bits per heavy atom. The maximum Gasteiger partial charge on any atom is 0.254 e. The SMILES string of the molecule is CC1(C(N)C(F)F)CCCCC1. The minimum atomic E-state index is -2.37. The highest BCUT2D eigenvalue weighted by atomic mass is 19.3. The van der Waals surface area contributed by atoms with Crippen molar-refractivity contribution in [2.75, 3.05) is 0 Å². The predicted octanol–water partition coefficient (Wildman–Crippen LogP) is 2.55. The van der Waals surface area contributed by atoms with Gasteiger partial charge in [-0.05, 0) is 18.3 Å². The third-order valence-electron chi connectivity index (χ3n) is 3.07. The van der Waals surface area contributed by atoms with Crippen LogP contribution in [0.2, 0.25) is 0 Å². The maximum atomic E-state index is 12.3. The summed E-state index contributed by atoms with van der Waals surface area (Å²) >= 11 is 0. The number of hydrogen-bond acceptors (Lipinski definition) is 1. The molecule has 1 fully saturated rings. The highest BCUT2D eigenvalue weighted by Crippen LogP contribution is 2.39. The number of hydrogen-bond donors (Lipinski definition) is 1. The molecule has 0 bridgehead atoms. The zero-order chi connectivity index (χ0) is 9.19. The van der Waals surface area contributed by atoms with E-state index in [1.807, 2.05) is 6.92 Å². The molecule has 0 spiro atoms. The second-order valence-corrected chi connectivity index (χ2v) is 4.07. The summed E-state index contributed by atoms with van der Waals surface area (Å²) in [6.45, 7) is 1.89. The first-order valence-electron chi connectivity index (χ1n) is 4.60. The fourth-order valence-corrected chi connectivity index (χ4v) is 2.00. The van der Waals surface area contributed by atoms with Crippen LogP contribution in [0.4, 0.5) is 8.78 Å². The van der Waals surface area contributed by atoms with E-state index in [0.29, 0.717) is 0 Å². The summed E-state index contributed by atoms with van der Waals surface area (Å²) in [7, 11) is 0. The Morgan fingerprint density at radius 3 is 2.08 bits per heavy atom. The van der Waals surface area contributed by atoms with Crippen LogP contribution in [0, 0.1) is 5.41 Å². The van der Waals surface area contributed by atoms with E-state index in [9.17, 15) is 8.78 Å². The fourth-order valence-electron chi connectivity index (χ4n) is 2.00. The second kappa shape index (κ2) is 3.69. The van der Waals surface area contributed by atoms with Gasteiger partial charge in [0.25, 0.3) is 6.43 Å². The lowest BCUT2D eigenvalue weighted by Crippen LogP contribution is -2.45. The van der Waals surface area contributed by atoms with Crippen LogP contribution in [0.3, 0.4) is 0 Å². The van der Waals surface area contributed by atoms with E-state index in [1.54, 1.807) is 0 Å². The number of nitrogens with two attached hydrogens (primary N) is 1. The molecule has 0 aliphatic heterocycles. The highest BCUT2D eigenvalue weighted by Gasteiger charge is 2.37. The van der Waals surface area contributed by atoms with Crippen LogP contribution in [-0.2, 0) is 0 Å². The average Bonchev–Trinajstić information content (AvgIpc) is 2.04. The zero-order valence-electron chi connectivity index (χ0n) is 7.52. The predicted molar refractivity (Wildman–Crippen MR) is 45.2 cm³/mol. The molecule has 2 N–H and O–H groups in total. The molecule has 0 radical (unpaired) electrons. The minimum Gasteiger partial charge on any atom is -0.322 e. The van der Waals surface area contributed by atoms with Gasteiger partial charge in [0.05, 0.1) is 6.04 Å². The van der Waals surface area contributed by atoms with E-state index >= 15 is 0 Å². The lowest BCUT2D eigenvalue weighted by Gasteiger charge is -2.38. The Morgan fingerprint density at radius 1 is 1.17 bits per heavy atom. The van der Waals surface area contributed by atoms with Crippen molar-refractivity contribution in [3.05, 3.63) is 0 Å². The lowest BCUT2D eigenvalue weighted by molar-refractivity contribution is 0.0309. The van der Waals surface area contributed by atoms with E-state index in [-0.39, 0.29) is 5.41 Å².